The fourth-order valence-electron chi connectivity index (χ4n) is 6.25. The van der Waals surface area contributed by atoms with Crippen LogP contribution in [0.25, 0.3) is 44.9 Å². The van der Waals surface area contributed by atoms with Gasteiger partial charge in [-0.15, -0.1) is 0 Å². The summed E-state index contributed by atoms with van der Waals surface area (Å²) in [7, 11) is 0. The minimum atomic E-state index is -0.244. The predicted octanol–water partition coefficient (Wildman–Crippen LogP) is 10.3. The molecule has 4 heterocycles. The van der Waals surface area contributed by atoms with Gasteiger partial charge in [0, 0.05) is 29.5 Å². The molecule has 0 bridgehead atoms. The van der Waals surface area contributed by atoms with Crippen LogP contribution in [-0.2, 0) is 16.2 Å². The molecule has 4 aromatic heterocycles. The lowest BCUT2D eigenvalue weighted by Gasteiger charge is -2.27. The fourth-order valence-corrected chi connectivity index (χ4v) is 6.25. The summed E-state index contributed by atoms with van der Waals surface area (Å²) < 4.78 is 10.7. The van der Waals surface area contributed by atoms with Crippen LogP contribution in [0, 0.1) is 0 Å². The van der Waals surface area contributed by atoms with Crippen LogP contribution in [0.4, 0.5) is 0 Å². The smallest absolute Gasteiger partial charge is 0.221 e. The van der Waals surface area contributed by atoms with Gasteiger partial charge in [-0.1, -0.05) is 86.6 Å². The molecule has 3 aromatic carbocycles. The Morgan fingerprint density at radius 2 is 1.42 bits per heavy atom. The minimum Gasteiger partial charge on any atom is -0.507 e. The number of pyridine rings is 2. The SMILES string of the molecule is CC(C)(C)c1cc(-c2cccc(Oc3ccc4c(c3)n(-c3ccccn3)c3nc5ccc(C(C)(C)C)cc5n43)n2)c(O)c(C(C)(C)C)c1. The number of aromatic hydroxyl groups is 1. The minimum absolute atomic E-state index is 0.000586. The third-order valence-electron chi connectivity index (χ3n) is 9.02. The van der Waals surface area contributed by atoms with E-state index in [1.165, 1.54) is 5.56 Å². The Morgan fingerprint density at radius 1 is 0.646 bits per heavy atom. The van der Waals surface area contributed by atoms with Crippen LogP contribution in [0.15, 0.2) is 91.1 Å². The highest BCUT2D eigenvalue weighted by Gasteiger charge is 2.26. The Morgan fingerprint density at radius 3 is 2.10 bits per heavy atom. The Kier molecular flexibility index (Phi) is 7.17. The van der Waals surface area contributed by atoms with Crippen molar-refractivity contribution in [2.24, 2.45) is 0 Å². The van der Waals surface area contributed by atoms with E-state index in [9.17, 15) is 5.11 Å². The molecule has 0 radical (unpaired) electrons. The molecular formula is C41H43N5O2. The number of ether oxygens (including phenoxy) is 1. The van der Waals surface area contributed by atoms with Crippen molar-refractivity contribution in [2.75, 3.05) is 0 Å². The van der Waals surface area contributed by atoms with Crippen LogP contribution in [0.3, 0.4) is 0 Å². The van der Waals surface area contributed by atoms with E-state index >= 15 is 0 Å². The third kappa shape index (κ3) is 5.47. The largest absolute Gasteiger partial charge is 0.507 e. The van der Waals surface area contributed by atoms with E-state index in [0.29, 0.717) is 22.9 Å². The van der Waals surface area contributed by atoms with Gasteiger partial charge >= 0.3 is 0 Å². The van der Waals surface area contributed by atoms with Gasteiger partial charge in [0.05, 0.1) is 27.8 Å². The first-order valence-corrected chi connectivity index (χ1v) is 16.5. The van der Waals surface area contributed by atoms with Crippen LogP contribution in [0.1, 0.15) is 79.0 Å². The van der Waals surface area contributed by atoms with Crippen LogP contribution in [0.2, 0.25) is 0 Å². The molecule has 7 nitrogen and oxygen atoms in total. The summed E-state index contributed by atoms with van der Waals surface area (Å²) in [4.78, 5) is 14.7. The molecule has 0 amide bonds. The first-order chi connectivity index (χ1) is 22.6. The first-order valence-electron chi connectivity index (χ1n) is 16.5. The van der Waals surface area contributed by atoms with Gasteiger partial charge in [-0.25, -0.2) is 15.0 Å². The van der Waals surface area contributed by atoms with Crippen molar-refractivity contribution in [3.05, 3.63) is 108 Å². The molecule has 0 fully saturated rings. The summed E-state index contributed by atoms with van der Waals surface area (Å²) in [6.45, 7) is 19.6. The monoisotopic (exact) mass is 637 g/mol. The molecule has 0 aliphatic heterocycles. The topological polar surface area (TPSA) is 77.5 Å². The van der Waals surface area contributed by atoms with E-state index in [1.54, 1.807) is 6.20 Å². The summed E-state index contributed by atoms with van der Waals surface area (Å²) in [5.74, 6) is 2.87. The van der Waals surface area contributed by atoms with Crippen molar-refractivity contribution in [3.8, 4) is 34.5 Å². The summed E-state index contributed by atoms with van der Waals surface area (Å²) in [6.07, 6.45) is 1.79. The molecule has 0 saturated heterocycles. The van der Waals surface area contributed by atoms with Gasteiger partial charge in [-0.05, 0) is 75.9 Å². The number of hydrogen-bond acceptors (Lipinski definition) is 5. The van der Waals surface area contributed by atoms with Crippen LogP contribution < -0.4 is 4.74 Å². The molecule has 7 heteroatoms. The Hall–Kier alpha value is -5.17. The van der Waals surface area contributed by atoms with Crippen molar-refractivity contribution in [1.82, 2.24) is 23.9 Å². The lowest BCUT2D eigenvalue weighted by atomic mass is 9.78. The Bertz CT molecular complexity index is 2330. The van der Waals surface area contributed by atoms with Crippen molar-refractivity contribution < 1.29 is 9.84 Å². The molecule has 7 rings (SSSR count). The maximum absolute atomic E-state index is 11.5. The molecule has 0 unspecified atom stereocenters. The zero-order chi connectivity index (χ0) is 34.2. The molecule has 7 aromatic rings. The Labute approximate surface area is 281 Å². The van der Waals surface area contributed by atoms with Gasteiger partial charge in [0.1, 0.15) is 17.3 Å². The molecule has 244 valence electrons. The van der Waals surface area contributed by atoms with Gasteiger partial charge < -0.3 is 9.84 Å². The lowest BCUT2D eigenvalue weighted by Crippen LogP contribution is -2.17. The molecular weight excluding hydrogens is 594 g/mol. The molecule has 48 heavy (non-hydrogen) atoms. The number of aromatic nitrogens is 5. The van der Waals surface area contributed by atoms with Gasteiger partial charge in [-0.2, -0.15) is 0 Å². The second-order valence-electron chi connectivity index (χ2n) is 15.8. The second-order valence-corrected chi connectivity index (χ2v) is 15.8. The van der Waals surface area contributed by atoms with E-state index < -0.39 is 0 Å². The van der Waals surface area contributed by atoms with Crippen molar-refractivity contribution >= 4 is 27.8 Å². The van der Waals surface area contributed by atoms with Gasteiger partial charge in [0.25, 0.3) is 0 Å². The standard InChI is InChI=1S/C41H43N5O2/c1-39(2,3)25-16-18-31-33(23-25)45-32-19-17-27(24-34(32)46(38(45)44-31)35-14-10-11-20-42-35)48-36-15-12-13-30(43-36)28-21-26(40(4,5)6)22-29(37(28)47)41(7,8)9/h10-24,47H,1-9H3. The Balaban J connectivity index is 1.36. The molecule has 0 atom stereocenters. The van der Waals surface area contributed by atoms with E-state index in [0.717, 1.165) is 44.8 Å². The highest BCUT2D eigenvalue weighted by Crippen LogP contribution is 2.42. The number of phenols is 1. The normalized spacial score (nSPS) is 12.8. The quantitative estimate of drug-likeness (QED) is 0.208. The molecule has 0 aliphatic carbocycles. The molecule has 1 N–H and O–H groups in total. The number of hydrogen-bond donors (Lipinski definition) is 1. The van der Waals surface area contributed by atoms with E-state index in [4.69, 9.17) is 19.7 Å². The van der Waals surface area contributed by atoms with E-state index in [-0.39, 0.29) is 22.0 Å². The van der Waals surface area contributed by atoms with E-state index in [2.05, 4.69) is 102 Å². The van der Waals surface area contributed by atoms with Crippen LogP contribution in [-0.4, -0.2) is 29.0 Å². The number of fused-ring (bicyclic) bond motifs is 5. The number of rotatable bonds is 4. The van der Waals surface area contributed by atoms with E-state index in [1.807, 2.05) is 54.6 Å². The molecule has 0 saturated carbocycles. The van der Waals surface area contributed by atoms with Gasteiger partial charge in [0.2, 0.25) is 11.7 Å². The summed E-state index contributed by atoms with van der Waals surface area (Å²) in [5.41, 5.74) is 8.17. The number of nitrogens with zero attached hydrogens (tertiary/aromatic N) is 5. The maximum atomic E-state index is 11.5. The number of imidazole rings is 2. The first kappa shape index (κ1) is 31.4. The predicted molar refractivity (Wildman–Crippen MR) is 195 cm³/mol. The maximum Gasteiger partial charge on any atom is 0.221 e. The zero-order valence-electron chi connectivity index (χ0n) is 29.3. The summed E-state index contributed by atoms with van der Waals surface area (Å²) in [5, 5.41) is 11.5. The number of benzene rings is 3. The van der Waals surface area contributed by atoms with Gasteiger partial charge in [0.15, 0.2) is 0 Å². The molecule has 0 aliphatic rings. The van der Waals surface area contributed by atoms with Crippen molar-refractivity contribution in [2.45, 2.75) is 78.6 Å². The van der Waals surface area contributed by atoms with Crippen LogP contribution >= 0.6 is 0 Å². The van der Waals surface area contributed by atoms with Crippen LogP contribution in [0.5, 0.6) is 17.4 Å². The fraction of sp³-hybridized carbons (Fsp3) is 0.293. The van der Waals surface area contributed by atoms with Gasteiger partial charge in [-0.3, -0.25) is 8.97 Å². The van der Waals surface area contributed by atoms with Crippen molar-refractivity contribution in [3.63, 3.8) is 0 Å². The van der Waals surface area contributed by atoms with Crippen molar-refractivity contribution in [1.29, 1.82) is 0 Å². The highest BCUT2D eigenvalue weighted by atomic mass is 16.5. The average molecular weight is 638 g/mol. The third-order valence-corrected chi connectivity index (χ3v) is 9.02. The summed E-state index contributed by atoms with van der Waals surface area (Å²) in [6, 6.07) is 28.3. The number of phenolic OH excluding ortho intramolecular Hbond substituents is 1. The molecule has 0 spiro atoms. The lowest BCUT2D eigenvalue weighted by molar-refractivity contribution is 0.445. The summed E-state index contributed by atoms with van der Waals surface area (Å²) >= 11 is 0. The highest BCUT2D eigenvalue weighted by molar-refractivity contribution is 5.92. The second kappa shape index (κ2) is 10.9. The zero-order valence-corrected chi connectivity index (χ0v) is 29.3. The average Bonchev–Trinajstić information content (AvgIpc) is 3.53.